The first-order valence-electron chi connectivity index (χ1n) is 48.8. The molecular weight excluding hydrogens is 1790 g/mol. The maximum absolute atomic E-state index is 13.8. The van der Waals surface area contributed by atoms with Crippen LogP contribution in [0.25, 0.3) is 54.6 Å². The zero-order chi connectivity index (χ0) is 97.9. The highest BCUT2D eigenvalue weighted by atomic mass is 19.4. The first-order chi connectivity index (χ1) is 66.2. The highest BCUT2D eigenvalue weighted by Crippen LogP contribution is 2.55. The molecule has 736 valence electrons. The fourth-order valence-electron chi connectivity index (χ4n) is 23.8. The van der Waals surface area contributed by atoms with Crippen LogP contribution in [0.4, 0.5) is 30.7 Å². The Morgan fingerprint density at radius 2 is 0.813 bits per heavy atom. The SMILES string of the molecule is CC(C)(NC(=O)C1[C@H]2CNC[C@@H]12)c1[nH]nc2c(C(F)(F)F)cccc12.CC(C)(NC(=O)C1[C@H]2CNC[C@@H]12)c1[nH]nc2c(F)cccc12.CC(C)(NC(=O)C1[C@H]2CNC[C@@H]12)c1nc(C2CC2)c2ccccn12.CC(C)(NC(=O)C1[C@H]2CNC[C@@H]12)c1ncc2ccc(C(F)(F)F)cn12.CC(NC(=O)C1[C@H]2CNC[C@@H]12)c1nn(C)c2ccccc12.Cc1cccc2c(C(C)NC(=O)C3[C@H]4CNC[C@@H]34)nn(C)c12. The minimum Gasteiger partial charge on any atom is -0.348 e. The number of carbonyl (C=O) groups excluding carboxylic acids is 6. The molecule has 14 N–H and O–H groups in total. The number of piperidine rings is 6. The Labute approximate surface area is 799 Å². The zero-order valence-electron chi connectivity index (χ0n) is 80.2. The van der Waals surface area contributed by atoms with Crippen molar-refractivity contribution in [3.8, 4) is 0 Å². The van der Waals surface area contributed by atoms with Crippen LogP contribution in [0.1, 0.15) is 157 Å². The Kier molecular flexibility index (Phi) is 24.4. The predicted molar refractivity (Wildman–Crippen MR) is 509 cm³/mol. The highest BCUT2D eigenvalue weighted by molar-refractivity contribution is 5.92. The number of aryl methyl sites for hydroxylation is 3. The second kappa shape index (κ2) is 35.8. The van der Waals surface area contributed by atoms with E-state index in [-0.39, 0.29) is 94.4 Å². The minimum absolute atomic E-state index is 0.000414. The van der Waals surface area contributed by atoms with Crippen LogP contribution >= 0.6 is 0 Å². The summed E-state index contributed by atoms with van der Waals surface area (Å²) < 4.78 is 99.6. The number of nitrogens with zero attached hydrogens (tertiary/aromatic N) is 10. The number of aromatic nitrogens is 12. The van der Waals surface area contributed by atoms with E-state index in [9.17, 15) is 59.5 Å². The number of rotatable bonds is 19. The van der Waals surface area contributed by atoms with Crippen LogP contribution in [0, 0.1) is 119 Å². The quantitative estimate of drug-likeness (QED) is 0.0334. The lowest BCUT2D eigenvalue weighted by Crippen LogP contribution is -2.44. The second-order valence-corrected chi connectivity index (χ2v) is 42.9. The molecule has 0 bridgehead atoms. The second-order valence-electron chi connectivity index (χ2n) is 42.9. The number of imidazole rings is 2. The van der Waals surface area contributed by atoms with Crippen LogP contribution in [0.2, 0.25) is 0 Å². The molecule has 20 atom stereocenters. The number of hydrogen-bond donors (Lipinski definition) is 14. The average Bonchev–Trinajstić information content (AvgIpc) is 1.59. The van der Waals surface area contributed by atoms with Crippen molar-refractivity contribution in [1.29, 1.82) is 0 Å². The fourth-order valence-corrected chi connectivity index (χ4v) is 23.8. The Morgan fingerprint density at radius 1 is 0.417 bits per heavy atom. The molecule has 37 heteroatoms. The molecule has 139 heavy (non-hydrogen) atoms. The highest BCUT2D eigenvalue weighted by Gasteiger charge is 2.63. The topological polar surface area (TPSA) is 374 Å². The molecule has 0 spiro atoms. The van der Waals surface area contributed by atoms with Gasteiger partial charge in [-0.1, -0.05) is 66.7 Å². The molecule has 7 aliphatic carbocycles. The van der Waals surface area contributed by atoms with Gasteiger partial charge in [-0.3, -0.25) is 48.3 Å². The standard InChI is InChI=1S/C19H24N4O.2C17H19F3N4O.C17H22N4O.C16H19FN4O.C16H20N4O/c1-19(2,22-17(24)15-12-9-20-10-13(12)15)18-21-16(11-6-7-11)14-5-3-4-8-23(14)18;1-16(2,23-14(25)13-11-6-21-7-12(11)13)15-22-5-10-4-3-9(8-24(10)15)17(18,19)20;1-16(2,22-15(25)12-9-6-21-7-10(9)12)14-8-4-3-5-11(17(18,19)20)13(8)23-24-14;1-9-5-4-6-11-15(20-21(3)16(9)11)10(2)19-17(22)14-12-7-18-8-13(12)14;1-16(2,19-15(22)12-9-6-18-7-10(9)12)14-8-4-3-5-11(17)13(8)20-21-14;1-9(18-16(21)14-11-7-17-8-12(11)14)15-10-5-3-4-6-13(10)20(2)19-15/h3-5,8,11-13,15,20H,6-7,9-10H2,1-2H3,(H,22,24);3-5,8,11-13,21H,6-7H2,1-2H3,(H,23,25);3-5,9-10,12,21H,6-7H2,1-2H3,(H,22,25)(H,23,24);4-6,10,12-14,18H,7-8H2,1-3H3,(H,19,22);3-5,9-10,12,18H,6-7H2,1-2H3,(H,19,22)(H,20,21);3-6,9,11-12,14,17H,7-8H2,1-2H3,(H,18,21)/t12-,13+,15?;11-,12+,13?;9-,10+,12?;10?,12-,13+,14?;9-,10+,12?;9?,11-,12+,14?. The Morgan fingerprint density at radius 3 is 1.29 bits per heavy atom. The van der Waals surface area contributed by atoms with Crippen LogP contribution in [-0.2, 0) is 77.4 Å². The monoisotopic (exact) mass is 1910 g/mol. The van der Waals surface area contributed by atoms with Crippen molar-refractivity contribution in [2.45, 2.75) is 142 Å². The molecule has 6 aliphatic heterocycles. The number of carbonyl (C=O) groups is 6. The Bertz CT molecular complexity index is 6670. The van der Waals surface area contributed by atoms with Gasteiger partial charge in [0.1, 0.15) is 22.7 Å². The van der Waals surface area contributed by atoms with Crippen LogP contribution in [0.5, 0.6) is 0 Å². The number of pyridine rings is 2. The third kappa shape index (κ3) is 18.2. The number of aromatic amines is 2. The van der Waals surface area contributed by atoms with Gasteiger partial charge in [0.25, 0.3) is 0 Å². The number of fused-ring (bicyclic) bond motifs is 12. The molecule has 8 aromatic heterocycles. The van der Waals surface area contributed by atoms with E-state index >= 15 is 0 Å². The van der Waals surface area contributed by atoms with E-state index in [1.165, 1.54) is 58.4 Å². The molecule has 12 aromatic rings. The van der Waals surface area contributed by atoms with Crippen molar-refractivity contribution < 1.29 is 59.5 Å². The average molecular weight is 1910 g/mol. The summed E-state index contributed by atoms with van der Waals surface area (Å²) in [6, 6.07) is 31.7. The van der Waals surface area contributed by atoms with E-state index in [1.54, 1.807) is 39.8 Å². The summed E-state index contributed by atoms with van der Waals surface area (Å²) >= 11 is 0. The molecule has 6 amide bonds. The number of alkyl halides is 6. The number of amides is 6. The van der Waals surface area contributed by atoms with Crippen LogP contribution < -0.4 is 63.8 Å². The molecule has 6 saturated heterocycles. The van der Waals surface area contributed by atoms with Crippen molar-refractivity contribution in [3.05, 3.63) is 190 Å². The van der Waals surface area contributed by atoms with E-state index in [1.807, 2.05) is 81.5 Å². The molecule has 0 radical (unpaired) electrons. The smallest absolute Gasteiger partial charge is 0.348 e. The zero-order valence-corrected chi connectivity index (χ0v) is 80.2. The number of nitrogens with one attached hydrogen (secondary N) is 14. The Hall–Kier alpha value is -11.8. The van der Waals surface area contributed by atoms with Gasteiger partial charge in [0.2, 0.25) is 35.4 Å². The van der Waals surface area contributed by atoms with Gasteiger partial charge in [-0.05, 0) is 287 Å². The number of benzene rings is 4. The fraction of sp³-hybridized carbons (Fsp3) is 0.529. The lowest BCUT2D eigenvalue weighted by Gasteiger charge is -2.26. The molecule has 30 nitrogen and oxygen atoms in total. The van der Waals surface area contributed by atoms with E-state index in [0.717, 1.165) is 142 Å². The van der Waals surface area contributed by atoms with Gasteiger partial charge in [-0.2, -0.15) is 46.7 Å². The number of H-pyrrole nitrogens is 2. The summed E-state index contributed by atoms with van der Waals surface area (Å²) in [5.74, 6) is 8.62. The van der Waals surface area contributed by atoms with Gasteiger partial charge in [0.05, 0.1) is 102 Å². The number of para-hydroxylation sites is 4. The summed E-state index contributed by atoms with van der Waals surface area (Å²) in [4.78, 5) is 84.3. The van der Waals surface area contributed by atoms with E-state index in [4.69, 9.17) is 4.98 Å². The van der Waals surface area contributed by atoms with Crippen molar-refractivity contribution in [3.63, 3.8) is 0 Å². The van der Waals surface area contributed by atoms with Crippen LogP contribution in [0.15, 0.2) is 128 Å². The first-order valence-corrected chi connectivity index (χ1v) is 48.8. The number of halogens is 7. The van der Waals surface area contributed by atoms with Crippen molar-refractivity contribution in [2.24, 2.45) is 121 Å². The third-order valence-corrected chi connectivity index (χ3v) is 31.7. The van der Waals surface area contributed by atoms with E-state index < -0.39 is 45.6 Å². The molecule has 14 heterocycles. The van der Waals surface area contributed by atoms with Gasteiger partial charge >= 0.3 is 12.4 Å². The Balaban J connectivity index is 0.000000103. The number of hydrogen-bond acceptors (Lipinski definition) is 18. The summed E-state index contributed by atoms with van der Waals surface area (Å²) in [5.41, 5.74) is 5.35. The predicted octanol–water partition coefficient (Wildman–Crippen LogP) is 10.9. The lowest BCUT2D eigenvalue weighted by molar-refractivity contribution is -0.138. The summed E-state index contributed by atoms with van der Waals surface area (Å²) in [6.07, 6.45) is -1.84. The van der Waals surface area contributed by atoms with Gasteiger partial charge in [0, 0.05) is 89.5 Å². The van der Waals surface area contributed by atoms with E-state index in [2.05, 4.69) is 167 Å². The van der Waals surface area contributed by atoms with Crippen molar-refractivity contribution >= 4 is 90.1 Å². The van der Waals surface area contributed by atoms with Crippen LogP contribution in [0.3, 0.4) is 0 Å². The summed E-state index contributed by atoms with van der Waals surface area (Å²) in [6.45, 7) is 32.4. The normalized spacial score (nSPS) is 27.2. The molecule has 4 aromatic carbocycles. The third-order valence-electron chi connectivity index (χ3n) is 31.7. The molecule has 13 fully saturated rings. The maximum atomic E-state index is 13.8. The summed E-state index contributed by atoms with van der Waals surface area (Å²) in [7, 11) is 3.90. The minimum atomic E-state index is -4.47. The molecular formula is C102H123F7N24O6. The maximum Gasteiger partial charge on any atom is 0.418 e. The van der Waals surface area contributed by atoms with Gasteiger partial charge in [0.15, 0.2) is 5.82 Å². The van der Waals surface area contributed by atoms with E-state index in [0.29, 0.717) is 110 Å². The summed E-state index contributed by atoms with van der Waals surface area (Å²) in [5, 5.41) is 64.5. The first kappa shape index (κ1) is 94.8. The molecule has 7 saturated carbocycles. The van der Waals surface area contributed by atoms with Crippen molar-refractivity contribution in [2.75, 3.05) is 78.5 Å². The molecule has 13 aliphatic rings. The van der Waals surface area contributed by atoms with Gasteiger partial charge in [-0.15, -0.1) is 0 Å². The molecule has 8 unspecified atom stereocenters. The van der Waals surface area contributed by atoms with Gasteiger partial charge < -0.3 is 72.6 Å². The van der Waals surface area contributed by atoms with Crippen LogP contribution in [-0.4, -0.2) is 173 Å². The molecule has 25 rings (SSSR count). The van der Waals surface area contributed by atoms with Crippen molar-refractivity contribution in [1.82, 2.24) is 123 Å². The largest absolute Gasteiger partial charge is 0.418 e. The van der Waals surface area contributed by atoms with Gasteiger partial charge in [-0.25, -0.2) is 14.4 Å². The lowest BCUT2D eigenvalue weighted by atomic mass is 9.95.